The maximum atomic E-state index is 13.8. The van der Waals surface area contributed by atoms with Crippen LogP contribution in [0.5, 0.6) is 0 Å². The first-order valence-corrected chi connectivity index (χ1v) is 5.84. The molecule has 1 rings (SSSR count). The summed E-state index contributed by atoms with van der Waals surface area (Å²) in [4.78, 5) is 13.1. The predicted molar refractivity (Wildman–Crippen MR) is 69.3 cm³/mol. The zero-order valence-electron chi connectivity index (χ0n) is 11.5. The summed E-state index contributed by atoms with van der Waals surface area (Å²) in [5.74, 6) is -3.17. The summed E-state index contributed by atoms with van der Waals surface area (Å²) in [5, 5.41) is 2.86. The SMILES string of the molecule is COC(=O)c1ccc(NC(C)CN(C)C)c(F)c1F. The largest absolute Gasteiger partial charge is 0.465 e. The number of rotatable bonds is 5. The zero-order valence-corrected chi connectivity index (χ0v) is 11.5. The fourth-order valence-corrected chi connectivity index (χ4v) is 1.79. The molecule has 0 fully saturated rings. The molecule has 0 bridgehead atoms. The van der Waals surface area contributed by atoms with Gasteiger partial charge >= 0.3 is 5.97 Å². The third-order valence-corrected chi connectivity index (χ3v) is 2.53. The van der Waals surface area contributed by atoms with E-state index in [0.29, 0.717) is 6.54 Å². The molecule has 0 radical (unpaired) electrons. The van der Waals surface area contributed by atoms with Crippen LogP contribution in [0.15, 0.2) is 12.1 Å². The molecule has 0 spiro atoms. The van der Waals surface area contributed by atoms with Crippen LogP contribution >= 0.6 is 0 Å². The summed E-state index contributed by atoms with van der Waals surface area (Å²) in [6, 6.07) is 2.47. The van der Waals surface area contributed by atoms with Crippen LogP contribution in [-0.2, 0) is 4.74 Å². The number of nitrogens with one attached hydrogen (secondary N) is 1. The van der Waals surface area contributed by atoms with Gasteiger partial charge < -0.3 is 15.0 Å². The minimum Gasteiger partial charge on any atom is -0.465 e. The van der Waals surface area contributed by atoms with Gasteiger partial charge in [-0.15, -0.1) is 0 Å². The highest BCUT2D eigenvalue weighted by molar-refractivity contribution is 5.90. The molecule has 4 nitrogen and oxygen atoms in total. The van der Waals surface area contributed by atoms with Gasteiger partial charge in [0.15, 0.2) is 11.6 Å². The number of methoxy groups -OCH3 is 1. The molecule has 106 valence electrons. The summed E-state index contributed by atoms with van der Waals surface area (Å²) in [6.45, 7) is 2.52. The summed E-state index contributed by atoms with van der Waals surface area (Å²) in [7, 11) is 4.88. The van der Waals surface area contributed by atoms with E-state index in [1.165, 1.54) is 12.1 Å². The molecule has 0 saturated carbocycles. The van der Waals surface area contributed by atoms with Crippen molar-refractivity contribution in [3.8, 4) is 0 Å². The number of ether oxygens (including phenoxy) is 1. The Balaban J connectivity index is 2.93. The average Bonchev–Trinajstić information content (AvgIpc) is 2.33. The number of likely N-dealkylation sites (N-methyl/N-ethyl adjacent to an activating group) is 1. The van der Waals surface area contributed by atoms with Crippen LogP contribution in [-0.4, -0.2) is 44.7 Å². The molecule has 1 N–H and O–H groups in total. The van der Waals surface area contributed by atoms with Gasteiger partial charge in [-0.1, -0.05) is 0 Å². The van der Waals surface area contributed by atoms with Crippen molar-refractivity contribution in [2.75, 3.05) is 33.1 Å². The van der Waals surface area contributed by atoms with Crippen molar-refractivity contribution in [3.05, 3.63) is 29.3 Å². The average molecular weight is 272 g/mol. The molecule has 6 heteroatoms. The number of carbonyl (C=O) groups is 1. The van der Waals surface area contributed by atoms with Crippen molar-refractivity contribution in [3.63, 3.8) is 0 Å². The summed E-state index contributed by atoms with van der Waals surface area (Å²) < 4.78 is 31.9. The minimum absolute atomic E-state index is 0.0273. The van der Waals surface area contributed by atoms with Crippen molar-refractivity contribution in [1.82, 2.24) is 4.90 Å². The van der Waals surface area contributed by atoms with Crippen LogP contribution in [0.4, 0.5) is 14.5 Å². The standard InChI is InChI=1S/C13H18F2N2O2/c1-8(7-17(2)3)16-10-6-5-9(13(18)19-4)11(14)12(10)15/h5-6,8,16H,7H2,1-4H3. The van der Waals surface area contributed by atoms with Gasteiger partial charge in [0.2, 0.25) is 0 Å². The Hall–Kier alpha value is -1.69. The van der Waals surface area contributed by atoms with Gasteiger partial charge in [0.1, 0.15) is 0 Å². The van der Waals surface area contributed by atoms with Crippen molar-refractivity contribution in [1.29, 1.82) is 0 Å². The van der Waals surface area contributed by atoms with Crippen molar-refractivity contribution in [2.45, 2.75) is 13.0 Å². The number of carbonyl (C=O) groups excluding carboxylic acids is 1. The highest BCUT2D eigenvalue weighted by Gasteiger charge is 2.19. The van der Waals surface area contributed by atoms with Gasteiger partial charge in [0.05, 0.1) is 18.4 Å². The first kappa shape index (κ1) is 15.4. The third-order valence-electron chi connectivity index (χ3n) is 2.53. The monoisotopic (exact) mass is 272 g/mol. The Morgan fingerprint density at radius 2 is 2.00 bits per heavy atom. The molecule has 0 heterocycles. The molecular weight excluding hydrogens is 254 g/mol. The fourth-order valence-electron chi connectivity index (χ4n) is 1.79. The maximum absolute atomic E-state index is 13.8. The molecule has 1 atom stereocenters. The second-order valence-corrected chi connectivity index (χ2v) is 4.59. The number of anilines is 1. The van der Waals surface area contributed by atoms with Crippen LogP contribution in [0.1, 0.15) is 17.3 Å². The Bertz CT molecular complexity index is 464. The molecule has 0 aliphatic rings. The van der Waals surface area contributed by atoms with Gasteiger partial charge in [-0.05, 0) is 33.2 Å². The van der Waals surface area contributed by atoms with Gasteiger partial charge in [0, 0.05) is 12.6 Å². The van der Waals surface area contributed by atoms with Crippen molar-refractivity contribution >= 4 is 11.7 Å². The van der Waals surface area contributed by atoms with E-state index in [1.807, 2.05) is 25.9 Å². The van der Waals surface area contributed by atoms with Gasteiger partial charge in [-0.2, -0.15) is 0 Å². The molecule has 1 aromatic rings. The number of halogens is 2. The molecular formula is C13H18F2N2O2. The second kappa shape index (κ2) is 6.47. The van der Waals surface area contributed by atoms with Crippen LogP contribution in [0.3, 0.4) is 0 Å². The second-order valence-electron chi connectivity index (χ2n) is 4.59. The predicted octanol–water partition coefficient (Wildman–Crippen LogP) is 2.11. The highest BCUT2D eigenvalue weighted by atomic mass is 19.2. The van der Waals surface area contributed by atoms with E-state index >= 15 is 0 Å². The van der Waals surface area contributed by atoms with E-state index in [2.05, 4.69) is 10.1 Å². The fraction of sp³-hybridized carbons (Fsp3) is 0.462. The molecule has 0 aromatic heterocycles. The Morgan fingerprint density at radius 3 is 2.53 bits per heavy atom. The van der Waals surface area contributed by atoms with Gasteiger partial charge in [0.25, 0.3) is 0 Å². The molecule has 0 aliphatic heterocycles. The van der Waals surface area contributed by atoms with Gasteiger partial charge in [-0.3, -0.25) is 0 Å². The summed E-state index contributed by atoms with van der Waals surface area (Å²) >= 11 is 0. The Morgan fingerprint density at radius 1 is 1.37 bits per heavy atom. The minimum atomic E-state index is -1.20. The van der Waals surface area contributed by atoms with Crippen LogP contribution < -0.4 is 5.32 Å². The van der Waals surface area contributed by atoms with Crippen LogP contribution in [0.25, 0.3) is 0 Å². The molecule has 0 aliphatic carbocycles. The molecule has 0 saturated heterocycles. The van der Waals surface area contributed by atoms with E-state index in [-0.39, 0.29) is 11.7 Å². The summed E-state index contributed by atoms with van der Waals surface area (Å²) in [6.07, 6.45) is 0. The number of esters is 1. The van der Waals surface area contributed by atoms with Crippen LogP contribution in [0.2, 0.25) is 0 Å². The van der Waals surface area contributed by atoms with E-state index in [9.17, 15) is 13.6 Å². The van der Waals surface area contributed by atoms with E-state index in [1.54, 1.807) is 0 Å². The number of benzene rings is 1. The number of hydrogen-bond acceptors (Lipinski definition) is 4. The zero-order chi connectivity index (χ0) is 14.6. The number of nitrogens with zero attached hydrogens (tertiary/aromatic N) is 1. The van der Waals surface area contributed by atoms with Crippen molar-refractivity contribution < 1.29 is 18.3 Å². The quantitative estimate of drug-likeness (QED) is 0.834. The van der Waals surface area contributed by atoms with E-state index in [4.69, 9.17) is 0 Å². The van der Waals surface area contributed by atoms with E-state index in [0.717, 1.165) is 7.11 Å². The first-order valence-electron chi connectivity index (χ1n) is 5.84. The lowest BCUT2D eigenvalue weighted by Gasteiger charge is -2.20. The van der Waals surface area contributed by atoms with Gasteiger partial charge in [-0.25, -0.2) is 13.6 Å². The lowest BCUT2D eigenvalue weighted by atomic mass is 10.1. The van der Waals surface area contributed by atoms with E-state index < -0.39 is 23.2 Å². The molecule has 19 heavy (non-hydrogen) atoms. The van der Waals surface area contributed by atoms with Crippen molar-refractivity contribution in [2.24, 2.45) is 0 Å². The molecule has 0 amide bonds. The first-order chi connectivity index (χ1) is 8.86. The normalized spacial score (nSPS) is 12.4. The Kier molecular flexibility index (Phi) is 5.23. The molecule has 1 unspecified atom stereocenters. The Labute approximate surface area is 111 Å². The summed E-state index contributed by atoms with van der Waals surface area (Å²) in [5.41, 5.74) is -0.384. The number of hydrogen-bond donors (Lipinski definition) is 1. The lowest BCUT2D eigenvalue weighted by molar-refractivity contribution is 0.0594. The lowest BCUT2D eigenvalue weighted by Crippen LogP contribution is -2.30. The topological polar surface area (TPSA) is 41.6 Å². The van der Waals surface area contributed by atoms with Crippen LogP contribution in [0, 0.1) is 11.6 Å². The maximum Gasteiger partial charge on any atom is 0.340 e. The molecule has 1 aromatic carbocycles. The smallest absolute Gasteiger partial charge is 0.340 e. The highest BCUT2D eigenvalue weighted by Crippen LogP contribution is 2.21. The third kappa shape index (κ3) is 3.89.